The molecule has 1 aliphatic heterocycles. The number of carbonyl (C=O) groups is 1. The molecule has 3 heteroatoms. The second kappa shape index (κ2) is 3.23. The number of fused-ring (bicyclic) bond motifs is 1. The highest BCUT2D eigenvalue weighted by Crippen LogP contribution is 2.27. The molecule has 0 saturated carbocycles. The van der Waals surface area contributed by atoms with Crippen LogP contribution in [0.1, 0.15) is 5.56 Å². The van der Waals surface area contributed by atoms with Crippen LogP contribution in [0.4, 0.5) is 5.69 Å². The molecule has 0 fully saturated rings. The molecule has 1 aromatic carbocycles. The molecule has 0 saturated heterocycles. The summed E-state index contributed by atoms with van der Waals surface area (Å²) in [4.78, 5) is 10.6. The van der Waals surface area contributed by atoms with Gasteiger partial charge in [0.2, 0.25) is 0 Å². The lowest BCUT2D eigenvalue weighted by Gasteiger charge is -2.20. The number of hydrogen-bond acceptors (Lipinski definition) is 2. The van der Waals surface area contributed by atoms with E-state index in [-0.39, 0.29) is 0 Å². The molecule has 0 aromatic heterocycles. The van der Waals surface area contributed by atoms with Gasteiger partial charge in [-0.3, -0.25) is 4.79 Å². The Labute approximate surface area is 81.2 Å². The van der Waals surface area contributed by atoms with Gasteiger partial charge in [-0.15, -0.1) is 0 Å². The molecule has 0 spiro atoms. The van der Waals surface area contributed by atoms with Gasteiger partial charge in [0.25, 0.3) is 0 Å². The van der Waals surface area contributed by atoms with Crippen molar-refractivity contribution in [1.29, 1.82) is 0 Å². The van der Waals surface area contributed by atoms with Gasteiger partial charge in [-0.25, -0.2) is 0 Å². The normalized spacial score (nSPS) is 19.8. The zero-order valence-electron chi connectivity index (χ0n) is 6.83. The number of hydrogen-bond donors (Lipinski definition) is 1. The maximum absolute atomic E-state index is 10.6. The monoisotopic (exact) mass is 193 g/mol. The Morgan fingerprint density at radius 1 is 1.38 bits per heavy atom. The smallest absolute Gasteiger partial charge is 0.149 e. The third kappa shape index (κ3) is 1.45. The zero-order chi connectivity index (χ0) is 9.26. The van der Waals surface area contributed by atoms with Crippen molar-refractivity contribution in [2.45, 2.75) is 5.50 Å². The van der Waals surface area contributed by atoms with Gasteiger partial charge in [-0.2, -0.15) is 0 Å². The van der Waals surface area contributed by atoms with Crippen LogP contribution in [0.5, 0.6) is 0 Å². The molecule has 1 unspecified atom stereocenters. The Morgan fingerprint density at radius 2 is 2.15 bits per heavy atom. The summed E-state index contributed by atoms with van der Waals surface area (Å²) in [5.74, 6) is 0. The van der Waals surface area contributed by atoms with Crippen molar-refractivity contribution in [1.82, 2.24) is 0 Å². The molecule has 1 N–H and O–H groups in total. The summed E-state index contributed by atoms with van der Waals surface area (Å²) in [5.41, 5.74) is 2.13. The average Bonchev–Trinajstić information content (AvgIpc) is 2.17. The SMILES string of the molecule is O=CC1=Cc2ccccc2NC1Cl. The quantitative estimate of drug-likeness (QED) is 0.421. The van der Waals surface area contributed by atoms with Crippen molar-refractivity contribution in [3.8, 4) is 0 Å². The van der Waals surface area contributed by atoms with Gasteiger partial charge < -0.3 is 5.32 Å². The van der Waals surface area contributed by atoms with E-state index in [2.05, 4.69) is 5.32 Å². The topological polar surface area (TPSA) is 29.1 Å². The van der Waals surface area contributed by atoms with Crippen LogP contribution in [0.2, 0.25) is 0 Å². The van der Waals surface area contributed by atoms with Crippen LogP contribution in [0, 0.1) is 0 Å². The fraction of sp³-hybridized carbons (Fsp3) is 0.100. The predicted molar refractivity (Wildman–Crippen MR) is 53.7 cm³/mol. The Balaban J connectivity index is 2.49. The van der Waals surface area contributed by atoms with Gasteiger partial charge >= 0.3 is 0 Å². The van der Waals surface area contributed by atoms with Gasteiger partial charge in [-0.1, -0.05) is 29.8 Å². The maximum Gasteiger partial charge on any atom is 0.149 e. The molecule has 0 bridgehead atoms. The maximum atomic E-state index is 10.6. The molecular formula is C10H8ClNO. The summed E-state index contributed by atoms with van der Waals surface area (Å²) in [6.07, 6.45) is 2.58. The van der Waals surface area contributed by atoms with Crippen molar-refractivity contribution in [2.75, 3.05) is 5.32 Å². The molecule has 2 rings (SSSR count). The first-order valence-electron chi connectivity index (χ1n) is 3.97. The Kier molecular flexibility index (Phi) is 2.07. The lowest BCUT2D eigenvalue weighted by Crippen LogP contribution is -2.19. The van der Waals surface area contributed by atoms with E-state index in [4.69, 9.17) is 11.6 Å². The van der Waals surface area contributed by atoms with E-state index in [0.717, 1.165) is 17.5 Å². The molecule has 1 aromatic rings. The molecule has 1 aliphatic rings. The number of halogens is 1. The molecular weight excluding hydrogens is 186 g/mol. The minimum atomic E-state index is -0.410. The molecule has 0 amide bonds. The third-order valence-electron chi connectivity index (χ3n) is 1.99. The van der Waals surface area contributed by atoms with E-state index in [0.29, 0.717) is 5.57 Å². The highest BCUT2D eigenvalue weighted by molar-refractivity contribution is 6.26. The number of carbonyl (C=O) groups excluding carboxylic acids is 1. The van der Waals surface area contributed by atoms with Crippen LogP contribution in [-0.2, 0) is 4.79 Å². The van der Waals surface area contributed by atoms with Gasteiger partial charge in [-0.05, 0) is 17.7 Å². The number of aldehydes is 1. The fourth-order valence-corrected chi connectivity index (χ4v) is 1.55. The Hall–Kier alpha value is -1.28. The molecule has 1 atom stereocenters. The first-order chi connectivity index (χ1) is 6.31. The van der Waals surface area contributed by atoms with Gasteiger partial charge in [0.15, 0.2) is 0 Å². The van der Waals surface area contributed by atoms with Gasteiger partial charge in [0.1, 0.15) is 11.8 Å². The van der Waals surface area contributed by atoms with E-state index in [1.165, 1.54) is 0 Å². The number of rotatable bonds is 1. The van der Waals surface area contributed by atoms with E-state index >= 15 is 0 Å². The van der Waals surface area contributed by atoms with Gasteiger partial charge in [0.05, 0.1) is 0 Å². The third-order valence-corrected chi connectivity index (χ3v) is 2.36. The molecule has 0 radical (unpaired) electrons. The van der Waals surface area contributed by atoms with Crippen LogP contribution in [0.3, 0.4) is 0 Å². The number of nitrogens with one attached hydrogen (secondary N) is 1. The zero-order valence-corrected chi connectivity index (χ0v) is 7.58. The lowest BCUT2D eigenvalue weighted by molar-refractivity contribution is -0.104. The van der Waals surface area contributed by atoms with Crippen molar-refractivity contribution in [2.24, 2.45) is 0 Å². The summed E-state index contributed by atoms with van der Waals surface area (Å²) < 4.78 is 0. The highest BCUT2D eigenvalue weighted by atomic mass is 35.5. The number of benzene rings is 1. The largest absolute Gasteiger partial charge is 0.365 e. The molecule has 0 aliphatic carbocycles. The van der Waals surface area contributed by atoms with E-state index in [9.17, 15) is 4.79 Å². The number of alkyl halides is 1. The summed E-state index contributed by atoms with van der Waals surface area (Å²) >= 11 is 5.90. The lowest BCUT2D eigenvalue weighted by atomic mass is 10.1. The standard InChI is InChI=1S/C10H8ClNO/c11-10-8(6-13)5-7-3-1-2-4-9(7)12-10/h1-6,10,12H. The van der Waals surface area contributed by atoms with E-state index < -0.39 is 5.50 Å². The number of anilines is 1. The summed E-state index contributed by atoms with van der Waals surface area (Å²) in [6, 6.07) is 7.72. The van der Waals surface area contributed by atoms with E-state index in [1.54, 1.807) is 6.08 Å². The first-order valence-corrected chi connectivity index (χ1v) is 4.41. The second-order valence-corrected chi connectivity index (χ2v) is 3.29. The van der Waals surface area contributed by atoms with Crippen molar-refractivity contribution in [3.63, 3.8) is 0 Å². The molecule has 13 heavy (non-hydrogen) atoms. The molecule has 1 heterocycles. The van der Waals surface area contributed by atoms with Crippen molar-refractivity contribution >= 4 is 29.7 Å². The Bertz CT molecular complexity index is 373. The molecule has 2 nitrogen and oxygen atoms in total. The van der Waals surface area contributed by atoms with Crippen LogP contribution < -0.4 is 5.32 Å². The van der Waals surface area contributed by atoms with Crippen molar-refractivity contribution in [3.05, 3.63) is 35.4 Å². The fourth-order valence-electron chi connectivity index (χ4n) is 1.32. The van der Waals surface area contributed by atoms with Crippen LogP contribution in [0.25, 0.3) is 6.08 Å². The highest BCUT2D eigenvalue weighted by Gasteiger charge is 2.16. The summed E-state index contributed by atoms with van der Waals surface area (Å²) in [6.45, 7) is 0. The van der Waals surface area contributed by atoms with Crippen LogP contribution in [-0.4, -0.2) is 11.8 Å². The predicted octanol–water partition coefficient (Wildman–Crippen LogP) is 2.26. The average molecular weight is 194 g/mol. The minimum Gasteiger partial charge on any atom is -0.365 e. The van der Waals surface area contributed by atoms with Crippen LogP contribution in [0.15, 0.2) is 29.8 Å². The van der Waals surface area contributed by atoms with Crippen molar-refractivity contribution < 1.29 is 4.79 Å². The Morgan fingerprint density at radius 3 is 2.92 bits per heavy atom. The molecule has 66 valence electrons. The number of para-hydroxylation sites is 1. The second-order valence-electron chi connectivity index (χ2n) is 2.86. The van der Waals surface area contributed by atoms with Crippen LogP contribution >= 0.6 is 11.6 Å². The summed E-state index contributed by atoms with van der Waals surface area (Å²) in [7, 11) is 0. The first kappa shape index (κ1) is 8.32. The minimum absolute atomic E-state index is 0.410. The van der Waals surface area contributed by atoms with E-state index in [1.807, 2.05) is 24.3 Å². The summed E-state index contributed by atoms with van der Waals surface area (Å²) in [5, 5.41) is 3.03. The van der Waals surface area contributed by atoms with Gasteiger partial charge in [0, 0.05) is 11.3 Å².